The maximum Gasteiger partial charge on any atom is 0.143 e. The first-order valence-corrected chi connectivity index (χ1v) is 5.69. The van der Waals surface area contributed by atoms with Crippen LogP contribution in [0.4, 0.5) is 11.5 Å². The van der Waals surface area contributed by atoms with Gasteiger partial charge in [-0.2, -0.15) is 0 Å². The molecule has 0 aliphatic rings. The van der Waals surface area contributed by atoms with Crippen LogP contribution in [0.5, 0.6) is 0 Å². The molecule has 0 saturated carbocycles. The summed E-state index contributed by atoms with van der Waals surface area (Å²) in [4.78, 5) is 4.34. The summed E-state index contributed by atoms with van der Waals surface area (Å²) in [5.41, 5.74) is 2.20. The molecule has 0 atom stereocenters. The van der Waals surface area contributed by atoms with Gasteiger partial charge in [0, 0.05) is 11.9 Å². The normalized spacial score (nSPS) is 10.0. The lowest BCUT2D eigenvalue weighted by molar-refractivity contribution is 1.24. The number of benzene rings is 1. The minimum absolute atomic E-state index is 0.896. The van der Waals surface area contributed by atoms with Crippen molar-refractivity contribution in [3.8, 4) is 0 Å². The van der Waals surface area contributed by atoms with Crippen molar-refractivity contribution in [3.05, 3.63) is 51.7 Å². The van der Waals surface area contributed by atoms with E-state index in [4.69, 9.17) is 0 Å². The van der Waals surface area contributed by atoms with Crippen LogP contribution in [0, 0.1) is 16.6 Å². The van der Waals surface area contributed by atoms with E-state index in [1.54, 1.807) is 0 Å². The van der Waals surface area contributed by atoms with Gasteiger partial charge in [-0.15, -0.1) is 0 Å². The molecule has 0 amide bonds. The van der Waals surface area contributed by atoms with Crippen LogP contribution in [0.1, 0.15) is 5.56 Å². The Morgan fingerprint density at radius 1 is 1.33 bits per heavy atom. The fraction of sp³-hybridized carbons (Fsp3) is 0.0833. The second kappa shape index (κ2) is 4.61. The molecule has 2 rings (SSSR count). The highest BCUT2D eigenvalue weighted by Gasteiger charge is 2.01. The van der Waals surface area contributed by atoms with E-state index in [-0.39, 0.29) is 0 Å². The molecule has 1 radical (unpaired) electrons. The average molecular weight is 309 g/mol. The number of anilines is 2. The molecule has 1 aromatic carbocycles. The molecule has 1 N–H and O–H groups in total. The van der Waals surface area contributed by atoms with Gasteiger partial charge in [-0.1, -0.05) is 12.1 Å². The fourth-order valence-corrected chi connectivity index (χ4v) is 2.00. The Morgan fingerprint density at radius 3 is 2.73 bits per heavy atom. The SMILES string of the molecule is Cc1cnc(Nc2cc[c]cc2)c(I)c1. The highest BCUT2D eigenvalue weighted by atomic mass is 127. The summed E-state index contributed by atoms with van der Waals surface area (Å²) in [6, 6.07) is 12.8. The summed E-state index contributed by atoms with van der Waals surface area (Å²) in [7, 11) is 0. The van der Waals surface area contributed by atoms with Gasteiger partial charge < -0.3 is 5.32 Å². The van der Waals surface area contributed by atoms with Crippen LogP contribution >= 0.6 is 22.6 Å². The van der Waals surface area contributed by atoms with Crippen molar-refractivity contribution in [2.24, 2.45) is 0 Å². The van der Waals surface area contributed by atoms with Crippen LogP contribution in [0.3, 0.4) is 0 Å². The first kappa shape index (κ1) is 10.4. The van der Waals surface area contributed by atoms with Crippen LogP contribution in [0.2, 0.25) is 0 Å². The molecule has 0 fully saturated rings. The van der Waals surface area contributed by atoms with Gasteiger partial charge in [0.05, 0.1) is 3.57 Å². The van der Waals surface area contributed by atoms with Crippen LogP contribution in [0.25, 0.3) is 0 Å². The van der Waals surface area contributed by atoms with Gasteiger partial charge in [-0.05, 0) is 59.3 Å². The van der Waals surface area contributed by atoms with Crippen molar-refractivity contribution in [2.75, 3.05) is 5.32 Å². The number of pyridine rings is 1. The topological polar surface area (TPSA) is 24.9 Å². The van der Waals surface area contributed by atoms with E-state index in [2.05, 4.69) is 45.0 Å². The van der Waals surface area contributed by atoms with Crippen LogP contribution < -0.4 is 5.32 Å². The Morgan fingerprint density at radius 2 is 2.07 bits per heavy atom. The average Bonchev–Trinajstić information content (AvgIpc) is 2.24. The zero-order valence-electron chi connectivity index (χ0n) is 8.29. The molecule has 15 heavy (non-hydrogen) atoms. The molecule has 2 nitrogen and oxygen atoms in total. The predicted molar refractivity (Wildman–Crippen MR) is 70.3 cm³/mol. The standard InChI is InChI=1S/C12H10IN2/c1-9-7-11(13)12(14-8-9)15-10-5-3-2-4-6-10/h3-8H,1H3,(H,14,15). The van der Waals surface area contributed by atoms with Crippen molar-refractivity contribution in [1.29, 1.82) is 0 Å². The van der Waals surface area contributed by atoms with Gasteiger partial charge in [0.2, 0.25) is 0 Å². The summed E-state index contributed by atoms with van der Waals surface area (Å²) < 4.78 is 1.13. The summed E-state index contributed by atoms with van der Waals surface area (Å²) in [6.45, 7) is 2.04. The smallest absolute Gasteiger partial charge is 0.143 e. The number of aryl methyl sites for hydroxylation is 1. The zero-order valence-corrected chi connectivity index (χ0v) is 10.4. The molecule has 0 aliphatic heterocycles. The first-order valence-electron chi connectivity index (χ1n) is 4.61. The number of aromatic nitrogens is 1. The maximum atomic E-state index is 4.34. The number of nitrogens with zero attached hydrogens (tertiary/aromatic N) is 1. The van der Waals surface area contributed by atoms with E-state index in [1.807, 2.05) is 37.4 Å². The maximum absolute atomic E-state index is 4.34. The van der Waals surface area contributed by atoms with Crippen molar-refractivity contribution in [3.63, 3.8) is 0 Å². The third-order valence-corrected chi connectivity index (χ3v) is 2.78. The number of rotatable bonds is 2. The number of halogens is 1. The van der Waals surface area contributed by atoms with E-state index in [0.29, 0.717) is 0 Å². The molecule has 0 bridgehead atoms. The van der Waals surface area contributed by atoms with E-state index in [9.17, 15) is 0 Å². The first-order chi connectivity index (χ1) is 7.25. The molecule has 2 aromatic rings. The van der Waals surface area contributed by atoms with Gasteiger partial charge in [0.25, 0.3) is 0 Å². The van der Waals surface area contributed by atoms with Crippen LogP contribution in [-0.4, -0.2) is 4.98 Å². The summed E-state index contributed by atoms with van der Waals surface area (Å²) in [6.07, 6.45) is 1.86. The Hall–Kier alpha value is -1.10. The van der Waals surface area contributed by atoms with Crippen molar-refractivity contribution < 1.29 is 0 Å². The van der Waals surface area contributed by atoms with Crippen LogP contribution in [-0.2, 0) is 0 Å². The molecule has 1 heterocycles. The molecular weight excluding hydrogens is 299 g/mol. The van der Waals surface area contributed by atoms with Gasteiger partial charge >= 0.3 is 0 Å². The lowest BCUT2D eigenvalue weighted by Crippen LogP contribution is -1.96. The van der Waals surface area contributed by atoms with Crippen molar-refractivity contribution in [1.82, 2.24) is 4.98 Å². The van der Waals surface area contributed by atoms with E-state index in [1.165, 1.54) is 5.56 Å². The monoisotopic (exact) mass is 309 g/mol. The van der Waals surface area contributed by atoms with E-state index in [0.717, 1.165) is 15.1 Å². The largest absolute Gasteiger partial charge is 0.339 e. The fourth-order valence-electron chi connectivity index (χ4n) is 1.23. The Balaban J connectivity index is 2.25. The highest BCUT2D eigenvalue weighted by Crippen LogP contribution is 2.20. The molecule has 3 heteroatoms. The zero-order chi connectivity index (χ0) is 10.7. The van der Waals surface area contributed by atoms with Crippen LogP contribution in [0.15, 0.2) is 36.5 Å². The lowest BCUT2D eigenvalue weighted by atomic mass is 10.3. The molecule has 0 saturated heterocycles. The third-order valence-electron chi connectivity index (χ3n) is 1.96. The Labute approximate surface area is 103 Å². The molecular formula is C12H10IN2. The van der Waals surface area contributed by atoms with E-state index < -0.39 is 0 Å². The van der Waals surface area contributed by atoms with Gasteiger partial charge in [-0.25, -0.2) is 4.98 Å². The van der Waals surface area contributed by atoms with Crippen molar-refractivity contribution >= 4 is 34.1 Å². The quantitative estimate of drug-likeness (QED) is 0.858. The van der Waals surface area contributed by atoms with Gasteiger partial charge in [-0.3, -0.25) is 0 Å². The minimum Gasteiger partial charge on any atom is -0.339 e. The molecule has 75 valence electrons. The van der Waals surface area contributed by atoms with Crippen molar-refractivity contribution in [2.45, 2.75) is 6.92 Å². The third kappa shape index (κ3) is 2.68. The number of hydrogen-bond acceptors (Lipinski definition) is 2. The molecule has 0 unspecified atom stereocenters. The molecule has 0 spiro atoms. The van der Waals surface area contributed by atoms with Gasteiger partial charge in [0.15, 0.2) is 0 Å². The summed E-state index contributed by atoms with van der Waals surface area (Å²) in [5.74, 6) is 0.896. The van der Waals surface area contributed by atoms with E-state index >= 15 is 0 Å². The van der Waals surface area contributed by atoms with Gasteiger partial charge in [0.1, 0.15) is 5.82 Å². The number of hydrogen-bond donors (Lipinski definition) is 1. The summed E-state index contributed by atoms with van der Waals surface area (Å²) in [5, 5.41) is 3.26. The molecule has 1 aromatic heterocycles. The second-order valence-electron chi connectivity index (χ2n) is 3.26. The number of nitrogens with one attached hydrogen (secondary N) is 1. The minimum atomic E-state index is 0.896. The Bertz CT molecular complexity index is 454. The Kier molecular flexibility index (Phi) is 3.20. The lowest BCUT2D eigenvalue weighted by Gasteiger charge is -2.07. The second-order valence-corrected chi connectivity index (χ2v) is 4.42. The summed E-state index contributed by atoms with van der Waals surface area (Å²) >= 11 is 2.28. The molecule has 0 aliphatic carbocycles. The highest BCUT2D eigenvalue weighted by molar-refractivity contribution is 14.1. The predicted octanol–water partition coefficient (Wildman–Crippen LogP) is 3.54.